The van der Waals surface area contributed by atoms with Crippen molar-refractivity contribution < 1.29 is 13.9 Å². The number of ether oxygens (including phenoxy) is 1. The second kappa shape index (κ2) is 11.2. The van der Waals surface area contributed by atoms with Crippen LogP contribution in [0.1, 0.15) is 18.7 Å². The molecule has 1 aliphatic rings. The number of nitrogens with one attached hydrogen (secondary N) is 1. The van der Waals surface area contributed by atoms with E-state index in [1.807, 2.05) is 31.9 Å². The van der Waals surface area contributed by atoms with Gasteiger partial charge in [0, 0.05) is 51.1 Å². The van der Waals surface area contributed by atoms with Crippen LogP contribution in [-0.4, -0.2) is 72.1 Å². The number of hydrogen-bond acceptors (Lipinski definition) is 5. The first kappa shape index (κ1) is 23.2. The fourth-order valence-corrected chi connectivity index (χ4v) is 4.01. The summed E-state index contributed by atoms with van der Waals surface area (Å²) in [6, 6.07) is 6.19. The maximum Gasteiger partial charge on any atom is 0.224 e. The molecule has 7 nitrogen and oxygen atoms in total. The number of likely N-dealkylation sites (tertiary alicyclic amines) is 1. The molecule has 2 atom stereocenters. The molecule has 1 aliphatic heterocycles. The van der Waals surface area contributed by atoms with Crippen molar-refractivity contribution in [3.8, 4) is 5.75 Å². The van der Waals surface area contributed by atoms with Crippen molar-refractivity contribution in [1.82, 2.24) is 24.7 Å². The molecule has 0 bridgehead atoms. The standard InChI is InChI=1S/C23H34FN5O2/c1-27(2)10-5-8-26-23(30)19-12-18(17-31-21-7-4-6-20(24)13-21)14-29(15-19)16-22-25-9-11-28(22)3/h4,6-7,9,11,13,18-19H,5,8,10,12,14-17H2,1-3H3,(H,26,30)/t18-,19+/m0/s1. The number of halogens is 1. The van der Waals surface area contributed by atoms with Crippen LogP contribution in [0.3, 0.4) is 0 Å². The van der Waals surface area contributed by atoms with Crippen molar-refractivity contribution in [1.29, 1.82) is 0 Å². The van der Waals surface area contributed by atoms with E-state index >= 15 is 0 Å². The molecule has 8 heteroatoms. The molecule has 1 N–H and O–H groups in total. The molecule has 1 aromatic heterocycles. The first-order valence-corrected chi connectivity index (χ1v) is 10.9. The highest BCUT2D eigenvalue weighted by atomic mass is 19.1. The van der Waals surface area contributed by atoms with Crippen molar-refractivity contribution in [2.45, 2.75) is 19.4 Å². The number of nitrogens with zero attached hydrogens (tertiary/aromatic N) is 4. The van der Waals surface area contributed by atoms with Gasteiger partial charge in [0.15, 0.2) is 0 Å². The van der Waals surface area contributed by atoms with Gasteiger partial charge in [0.1, 0.15) is 17.4 Å². The van der Waals surface area contributed by atoms with Gasteiger partial charge in [0.2, 0.25) is 5.91 Å². The van der Waals surface area contributed by atoms with Crippen molar-refractivity contribution in [3.05, 3.63) is 48.3 Å². The minimum atomic E-state index is -0.312. The summed E-state index contributed by atoms with van der Waals surface area (Å²) in [4.78, 5) is 21.7. The lowest BCUT2D eigenvalue weighted by Gasteiger charge is -2.37. The molecular formula is C23H34FN5O2. The summed E-state index contributed by atoms with van der Waals surface area (Å²) in [6.45, 7) is 4.27. The van der Waals surface area contributed by atoms with Crippen molar-refractivity contribution in [2.75, 3.05) is 46.9 Å². The Labute approximate surface area is 184 Å². The lowest BCUT2D eigenvalue weighted by molar-refractivity contribution is -0.127. The number of carbonyl (C=O) groups is 1. The third kappa shape index (κ3) is 7.33. The number of aryl methyl sites for hydroxylation is 1. The monoisotopic (exact) mass is 431 g/mol. The van der Waals surface area contributed by atoms with Crippen LogP contribution in [-0.2, 0) is 18.4 Å². The number of carbonyl (C=O) groups excluding carboxylic acids is 1. The number of hydrogen-bond donors (Lipinski definition) is 1. The summed E-state index contributed by atoms with van der Waals surface area (Å²) in [6.07, 6.45) is 5.40. The molecule has 0 unspecified atom stereocenters. The summed E-state index contributed by atoms with van der Waals surface area (Å²) >= 11 is 0. The molecule has 0 radical (unpaired) electrons. The molecule has 2 aromatic rings. The Morgan fingerprint density at radius 3 is 2.90 bits per heavy atom. The minimum Gasteiger partial charge on any atom is -0.493 e. The van der Waals surface area contributed by atoms with Gasteiger partial charge in [-0.3, -0.25) is 9.69 Å². The quantitative estimate of drug-likeness (QED) is 0.584. The molecule has 31 heavy (non-hydrogen) atoms. The van der Waals surface area contributed by atoms with Crippen LogP contribution < -0.4 is 10.1 Å². The van der Waals surface area contributed by atoms with E-state index in [1.54, 1.807) is 18.3 Å². The number of aromatic nitrogens is 2. The van der Waals surface area contributed by atoms with Crippen LogP contribution in [0.5, 0.6) is 5.75 Å². The summed E-state index contributed by atoms with van der Waals surface area (Å²) < 4.78 is 21.3. The van der Waals surface area contributed by atoms with Crippen LogP contribution in [0.4, 0.5) is 4.39 Å². The van der Waals surface area contributed by atoms with E-state index in [4.69, 9.17) is 4.74 Å². The van der Waals surface area contributed by atoms with E-state index in [0.717, 1.165) is 31.8 Å². The lowest BCUT2D eigenvalue weighted by Crippen LogP contribution is -2.47. The van der Waals surface area contributed by atoms with E-state index < -0.39 is 0 Å². The molecule has 1 amide bonds. The zero-order valence-electron chi connectivity index (χ0n) is 18.8. The summed E-state index contributed by atoms with van der Waals surface area (Å²) in [7, 11) is 6.04. The summed E-state index contributed by atoms with van der Waals surface area (Å²) in [5.41, 5.74) is 0. The van der Waals surface area contributed by atoms with E-state index in [9.17, 15) is 9.18 Å². The highest BCUT2D eigenvalue weighted by Gasteiger charge is 2.32. The Morgan fingerprint density at radius 1 is 1.35 bits per heavy atom. The van der Waals surface area contributed by atoms with Gasteiger partial charge < -0.3 is 19.5 Å². The Morgan fingerprint density at radius 2 is 2.19 bits per heavy atom. The molecule has 1 aromatic carbocycles. The van der Waals surface area contributed by atoms with Crippen LogP contribution in [0.15, 0.2) is 36.7 Å². The Hall–Kier alpha value is -2.45. The Bertz CT molecular complexity index is 841. The molecule has 3 rings (SSSR count). The molecule has 2 heterocycles. The van der Waals surface area contributed by atoms with Crippen LogP contribution in [0.2, 0.25) is 0 Å². The van der Waals surface area contributed by atoms with Crippen LogP contribution in [0.25, 0.3) is 0 Å². The molecule has 170 valence electrons. The van der Waals surface area contributed by atoms with Crippen LogP contribution >= 0.6 is 0 Å². The molecule has 0 saturated carbocycles. The normalized spacial score (nSPS) is 19.5. The second-order valence-corrected chi connectivity index (χ2v) is 8.66. The van der Waals surface area contributed by atoms with E-state index in [-0.39, 0.29) is 23.6 Å². The number of rotatable bonds is 10. The smallest absolute Gasteiger partial charge is 0.224 e. The maximum absolute atomic E-state index is 13.5. The van der Waals surface area contributed by atoms with Gasteiger partial charge in [-0.15, -0.1) is 0 Å². The van der Waals surface area contributed by atoms with Gasteiger partial charge in [-0.25, -0.2) is 9.37 Å². The van der Waals surface area contributed by atoms with Crippen molar-refractivity contribution in [2.24, 2.45) is 18.9 Å². The van der Waals surface area contributed by atoms with Gasteiger partial charge in [0.05, 0.1) is 19.1 Å². The number of piperidine rings is 1. The highest BCUT2D eigenvalue weighted by molar-refractivity contribution is 5.79. The van der Waals surface area contributed by atoms with E-state index in [2.05, 4.69) is 20.1 Å². The van der Waals surface area contributed by atoms with Gasteiger partial charge >= 0.3 is 0 Å². The van der Waals surface area contributed by atoms with Gasteiger partial charge in [-0.1, -0.05) is 6.07 Å². The third-order valence-electron chi connectivity index (χ3n) is 5.63. The molecular weight excluding hydrogens is 397 g/mol. The SMILES string of the molecule is CN(C)CCCNC(=O)[C@@H]1C[C@H](COc2cccc(F)c2)CN(Cc2nccn2C)C1. The molecule has 0 spiro atoms. The Balaban J connectivity index is 1.60. The maximum atomic E-state index is 13.5. The number of amides is 1. The first-order chi connectivity index (χ1) is 14.9. The minimum absolute atomic E-state index is 0.0963. The zero-order chi connectivity index (χ0) is 22.2. The highest BCUT2D eigenvalue weighted by Crippen LogP contribution is 2.25. The van der Waals surface area contributed by atoms with E-state index in [0.29, 0.717) is 32.0 Å². The predicted octanol–water partition coefficient (Wildman–Crippen LogP) is 2.14. The van der Waals surface area contributed by atoms with Gasteiger partial charge in [-0.2, -0.15) is 0 Å². The van der Waals surface area contributed by atoms with Crippen molar-refractivity contribution in [3.63, 3.8) is 0 Å². The van der Waals surface area contributed by atoms with Crippen LogP contribution in [0, 0.1) is 17.7 Å². The Kier molecular flexibility index (Phi) is 8.43. The molecule has 0 aliphatic carbocycles. The topological polar surface area (TPSA) is 62.6 Å². The predicted molar refractivity (Wildman–Crippen MR) is 118 cm³/mol. The fourth-order valence-electron chi connectivity index (χ4n) is 4.01. The third-order valence-corrected chi connectivity index (χ3v) is 5.63. The largest absolute Gasteiger partial charge is 0.493 e. The second-order valence-electron chi connectivity index (χ2n) is 8.66. The fraction of sp³-hybridized carbons (Fsp3) is 0.565. The average molecular weight is 432 g/mol. The van der Waals surface area contributed by atoms with Gasteiger partial charge in [-0.05, 0) is 45.6 Å². The average Bonchev–Trinajstić information content (AvgIpc) is 3.13. The number of imidazole rings is 1. The lowest BCUT2D eigenvalue weighted by atomic mass is 9.89. The zero-order valence-corrected chi connectivity index (χ0v) is 18.8. The molecule has 1 fully saturated rings. The first-order valence-electron chi connectivity index (χ1n) is 10.9. The van der Waals surface area contributed by atoms with Gasteiger partial charge in [0.25, 0.3) is 0 Å². The summed E-state index contributed by atoms with van der Waals surface area (Å²) in [5, 5.41) is 3.10. The van der Waals surface area contributed by atoms with Crippen molar-refractivity contribution >= 4 is 5.91 Å². The summed E-state index contributed by atoms with van der Waals surface area (Å²) in [5.74, 6) is 1.35. The number of benzene rings is 1. The molecule has 1 saturated heterocycles. The van der Waals surface area contributed by atoms with E-state index in [1.165, 1.54) is 12.1 Å².